The van der Waals surface area contributed by atoms with Gasteiger partial charge in [0.2, 0.25) is 5.82 Å². The standard InChI is InChI=1S/C16H20N4O3S/c1-19-8-6-17-14(15(19)22)18-16(23)20-7-2-4-11(20)10-12(21)13-5-3-9-24-13/h3,5-6,8-9,11-12,21H,2,4,7,10H2,1H3,(H,17,18,23)/t11-,12-/m0/s1. The topological polar surface area (TPSA) is 87.5 Å². The molecule has 1 aliphatic heterocycles. The lowest BCUT2D eigenvalue weighted by atomic mass is 10.1. The number of amides is 2. The first kappa shape index (κ1) is 16.7. The predicted octanol–water partition coefficient (Wildman–Crippen LogP) is 1.96. The van der Waals surface area contributed by atoms with Crippen LogP contribution in [0.3, 0.4) is 0 Å². The van der Waals surface area contributed by atoms with Gasteiger partial charge in [0.1, 0.15) is 0 Å². The molecule has 2 N–H and O–H groups in total. The number of aliphatic hydroxyl groups is 1. The molecule has 2 amide bonds. The fourth-order valence-corrected chi connectivity index (χ4v) is 3.68. The van der Waals surface area contributed by atoms with Crippen LogP contribution in [-0.4, -0.2) is 38.2 Å². The molecule has 0 unspecified atom stereocenters. The third-order valence-electron chi connectivity index (χ3n) is 4.25. The molecule has 2 atom stereocenters. The monoisotopic (exact) mass is 348 g/mol. The minimum Gasteiger partial charge on any atom is -0.387 e. The van der Waals surface area contributed by atoms with Crippen LogP contribution in [0, 0.1) is 0 Å². The molecule has 7 nitrogen and oxygen atoms in total. The first-order valence-electron chi connectivity index (χ1n) is 7.87. The molecule has 0 radical (unpaired) electrons. The van der Waals surface area contributed by atoms with E-state index in [1.54, 1.807) is 11.9 Å². The summed E-state index contributed by atoms with van der Waals surface area (Å²) in [6, 6.07) is 3.41. The van der Waals surface area contributed by atoms with E-state index in [1.807, 2.05) is 17.5 Å². The third-order valence-corrected chi connectivity index (χ3v) is 5.22. The Morgan fingerprint density at radius 1 is 1.58 bits per heavy atom. The first-order chi connectivity index (χ1) is 11.6. The number of anilines is 1. The predicted molar refractivity (Wildman–Crippen MR) is 92.1 cm³/mol. The second kappa shape index (κ2) is 7.14. The van der Waals surface area contributed by atoms with Crippen LogP contribution in [-0.2, 0) is 7.05 Å². The molecule has 0 spiro atoms. The number of nitrogens with one attached hydrogen (secondary N) is 1. The van der Waals surface area contributed by atoms with Crippen molar-refractivity contribution in [2.24, 2.45) is 7.05 Å². The summed E-state index contributed by atoms with van der Waals surface area (Å²) in [5.41, 5.74) is -0.347. The quantitative estimate of drug-likeness (QED) is 0.884. The van der Waals surface area contributed by atoms with Gasteiger partial charge in [-0.05, 0) is 30.7 Å². The minimum absolute atomic E-state index is 0.0226. The molecule has 1 aliphatic rings. The van der Waals surface area contributed by atoms with Gasteiger partial charge in [-0.3, -0.25) is 10.1 Å². The molecule has 2 aromatic heterocycles. The van der Waals surface area contributed by atoms with Crippen LogP contribution >= 0.6 is 11.3 Å². The molecule has 1 fully saturated rings. The van der Waals surface area contributed by atoms with Gasteiger partial charge in [0, 0.05) is 36.9 Å². The van der Waals surface area contributed by atoms with Gasteiger partial charge in [-0.15, -0.1) is 11.3 Å². The van der Waals surface area contributed by atoms with E-state index in [4.69, 9.17) is 0 Å². The summed E-state index contributed by atoms with van der Waals surface area (Å²) < 4.78 is 1.37. The maximum Gasteiger partial charge on any atom is 0.323 e. The highest BCUT2D eigenvalue weighted by molar-refractivity contribution is 7.10. The summed E-state index contributed by atoms with van der Waals surface area (Å²) in [7, 11) is 1.61. The van der Waals surface area contributed by atoms with Crippen LogP contribution in [0.25, 0.3) is 0 Å². The normalized spacial score (nSPS) is 18.6. The highest BCUT2D eigenvalue weighted by atomic mass is 32.1. The lowest BCUT2D eigenvalue weighted by Crippen LogP contribution is -2.41. The Hall–Kier alpha value is -2.19. The number of hydrogen-bond acceptors (Lipinski definition) is 5. The van der Waals surface area contributed by atoms with Crippen LogP contribution < -0.4 is 10.9 Å². The van der Waals surface area contributed by atoms with Gasteiger partial charge in [0.15, 0.2) is 0 Å². The summed E-state index contributed by atoms with van der Waals surface area (Å²) in [6.45, 7) is 0.612. The van der Waals surface area contributed by atoms with Crippen molar-refractivity contribution in [3.8, 4) is 0 Å². The second-order valence-electron chi connectivity index (χ2n) is 5.88. The van der Waals surface area contributed by atoms with E-state index in [2.05, 4.69) is 10.3 Å². The summed E-state index contributed by atoms with van der Waals surface area (Å²) >= 11 is 1.51. The number of hydrogen-bond donors (Lipinski definition) is 2. The van der Waals surface area contributed by atoms with Crippen molar-refractivity contribution in [3.63, 3.8) is 0 Å². The SMILES string of the molecule is Cn1ccnc(NC(=O)N2CCC[C@H]2C[C@H](O)c2cccs2)c1=O. The highest BCUT2D eigenvalue weighted by Gasteiger charge is 2.31. The van der Waals surface area contributed by atoms with Crippen LogP contribution in [0.1, 0.15) is 30.2 Å². The minimum atomic E-state index is -0.578. The van der Waals surface area contributed by atoms with Crippen molar-refractivity contribution >= 4 is 23.2 Å². The number of likely N-dealkylation sites (tertiary alicyclic amines) is 1. The summed E-state index contributed by atoms with van der Waals surface area (Å²) in [4.78, 5) is 31.0. The zero-order chi connectivity index (χ0) is 17.1. The molecular formula is C16H20N4O3S. The lowest BCUT2D eigenvalue weighted by molar-refractivity contribution is 0.132. The maximum atomic E-state index is 12.5. The van der Waals surface area contributed by atoms with Gasteiger partial charge in [0.25, 0.3) is 5.56 Å². The Bertz CT molecular complexity index is 759. The number of rotatable bonds is 4. The van der Waals surface area contributed by atoms with Crippen molar-refractivity contribution in [1.29, 1.82) is 0 Å². The number of aliphatic hydroxyl groups excluding tert-OH is 1. The van der Waals surface area contributed by atoms with Crippen molar-refractivity contribution in [2.45, 2.75) is 31.4 Å². The average molecular weight is 348 g/mol. The Morgan fingerprint density at radius 3 is 3.17 bits per heavy atom. The van der Waals surface area contributed by atoms with E-state index in [0.29, 0.717) is 13.0 Å². The number of carbonyl (C=O) groups excluding carboxylic acids is 1. The lowest BCUT2D eigenvalue weighted by Gasteiger charge is -2.26. The van der Waals surface area contributed by atoms with Crippen LogP contribution in [0.5, 0.6) is 0 Å². The molecule has 8 heteroatoms. The molecule has 0 aliphatic carbocycles. The summed E-state index contributed by atoms with van der Waals surface area (Å²) in [5, 5.41) is 14.8. The van der Waals surface area contributed by atoms with Crippen molar-refractivity contribution < 1.29 is 9.90 Å². The molecule has 1 saturated heterocycles. The van der Waals surface area contributed by atoms with Gasteiger partial charge in [0.05, 0.1) is 6.10 Å². The third kappa shape index (κ3) is 3.49. The first-order valence-corrected chi connectivity index (χ1v) is 8.75. The largest absolute Gasteiger partial charge is 0.387 e. The average Bonchev–Trinajstić information content (AvgIpc) is 3.23. The van der Waals surface area contributed by atoms with E-state index in [-0.39, 0.29) is 23.5 Å². The number of thiophene rings is 1. The highest BCUT2D eigenvalue weighted by Crippen LogP contribution is 2.29. The summed E-state index contributed by atoms with van der Waals surface area (Å²) in [5.74, 6) is 0.0226. The van der Waals surface area contributed by atoms with Gasteiger partial charge >= 0.3 is 6.03 Å². The molecule has 128 valence electrons. The number of aryl methyl sites for hydroxylation is 1. The number of nitrogens with zero attached hydrogens (tertiary/aromatic N) is 3. The van der Waals surface area contributed by atoms with E-state index in [1.165, 1.54) is 28.3 Å². The van der Waals surface area contributed by atoms with Crippen molar-refractivity contribution in [3.05, 3.63) is 45.1 Å². The smallest absolute Gasteiger partial charge is 0.323 e. The Morgan fingerprint density at radius 2 is 2.42 bits per heavy atom. The van der Waals surface area contributed by atoms with Gasteiger partial charge < -0.3 is 14.6 Å². The molecule has 0 saturated carbocycles. The van der Waals surface area contributed by atoms with E-state index in [9.17, 15) is 14.7 Å². The Labute approximate surface area is 143 Å². The fourth-order valence-electron chi connectivity index (χ4n) is 2.96. The Kier molecular flexibility index (Phi) is 4.96. The number of aromatic nitrogens is 2. The maximum absolute atomic E-state index is 12.5. The van der Waals surface area contributed by atoms with Gasteiger partial charge in [-0.1, -0.05) is 6.07 Å². The van der Waals surface area contributed by atoms with Crippen LogP contribution in [0.4, 0.5) is 10.6 Å². The molecule has 24 heavy (non-hydrogen) atoms. The van der Waals surface area contributed by atoms with E-state index < -0.39 is 6.10 Å². The van der Waals surface area contributed by atoms with Crippen molar-refractivity contribution in [2.75, 3.05) is 11.9 Å². The molecular weight excluding hydrogens is 328 g/mol. The number of urea groups is 1. The Balaban J connectivity index is 1.67. The zero-order valence-corrected chi connectivity index (χ0v) is 14.2. The van der Waals surface area contributed by atoms with E-state index in [0.717, 1.165) is 17.7 Å². The number of carbonyl (C=O) groups is 1. The molecule has 2 aromatic rings. The van der Waals surface area contributed by atoms with Gasteiger partial charge in [-0.2, -0.15) is 0 Å². The molecule has 3 rings (SSSR count). The molecule has 3 heterocycles. The van der Waals surface area contributed by atoms with Gasteiger partial charge in [-0.25, -0.2) is 9.78 Å². The second-order valence-corrected chi connectivity index (χ2v) is 6.86. The van der Waals surface area contributed by atoms with Crippen LogP contribution in [0.2, 0.25) is 0 Å². The summed E-state index contributed by atoms with van der Waals surface area (Å²) in [6.07, 6.45) is 4.65. The van der Waals surface area contributed by atoms with Crippen molar-refractivity contribution in [1.82, 2.24) is 14.5 Å². The van der Waals surface area contributed by atoms with Crippen LogP contribution in [0.15, 0.2) is 34.7 Å². The zero-order valence-electron chi connectivity index (χ0n) is 13.4. The molecule has 0 bridgehead atoms. The fraction of sp³-hybridized carbons (Fsp3) is 0.438. The van der Waals surface area contributed by atoms with E-state index >= 15 is 0 Å². The molecule has 0 aromatic carbocycles.